The highest BCUT2D eigenvalue weighted by Gasteiger charge is 2.31. The van der Waals surface area contributed by atoms with Crippen molar-refractivity contribution in [3.8, 4) is 5.75 Å². The van der Waals surface area contributed by atoms with Gasteiger partial charge in [-0.1, -0.05) is 41.9 Å². The molecule has 17 heavy (non-hydrogen) atoms. The molecule has 2 atom stereocenters. The fraction of sp³-hybridized carbons (Fsp3) is 0.500. The number of halogens is 4. The van der Waals surface area contributed by atoms with Gasteiger partial charge in [0.15, 0.2) is 0 Å². The second-order valence-electron chi connectivity index (χ2n) is 4.04. The zero-order valence-electron chi connectivity index (χ0n) is 9.59. The monoisotopic (exact) mass is 310 g/mol. The molecular weight excluding hydrogens is 297 g/mol. The van der Waals surface area contributed by atoms with Crippen molar-refractivity contribution in [3.63, 3.8) is 0 Å². The van der Waals surface area contributed by atoms with Crippen LogP contribution in [0.4, 0.5) is 13.2 Å². The standard InChI is InChI=1S/C12H14BrF3O/c1-8(6-9(2)13)10-4-3-5-11(7-10)17-12(14,15)16/h3-5,7-9H,6H2,1-2H3. The topological polar surface area (TPSA) is 9.23 Å². The Hall–Kier alpha value is -0.710. The summed E-state index contributed by atoms with van der Waals surface area (Å²) in [6, 6.07) is 6.13. The summed E-state index contributed by atoms with van der Waals surface area (Å²) < 4.78 is 40.0. The van der Waals surface area contributed by atoms with Gasteiger partial charge >= 0.3 is 6.36 Å². The smallest absolute Gasteiger partial charge is 0.406 e. The number of rotatable bonds is 4. The lowest BCUT2D eigenvalue weighted by Crippen LogP contribution is -2.17. The second kappa shape index (κ2) is 5.76. The zero-order chi connectivity index (χ0) is 13.1. The van der Waals surface area contributed by atoms with E-state index in [1.165, 1.54) is 12.1 Å². The first kappa shape index (κ1) is 14.4. The van der Waals surface area contributed by atoms with E-state index in [1.54, 1.807) is 6.07 Å². The van der Waals surface area contributed by atoms with Crippen LogP contribution in [0.5, 0.6) is 5.75 Å². The Kier molecular flexibility index (Phi) is 4.86. The Labute approximate surface area is 107 Å². The molecule has 1 aromatic rings. The van der Waals surface area contributed by atoms with E-state index in [9.17, 15) is 13.2 Å². The fourth-order valence-corrected chi connectivity index (χ4v) is 2.20. The maximum atomic E-state index is 12.1. The minimum absolute atomic E-state index is 0.163. The summed E-state index contributed by atoms with van der Waals surface area (Å²) in [6.45, 7) is 3.98. The fourth-order valence-electron chi connectivity index (χ4n) is 1.64. The molecule has 0 N–H and O–H groups in total. The number of ether oxygens (including phenoxy) is 1. The summed E-state index contributed by atoms with van der Waals surface area (Å²) in [5.41, 5.74) is 0.845. The minimum atomic E-state index is -4.63. The van der Waals surface area contributed by atoms with Crippen molar-refractivity contribution in [2.24, 2.45) is 0 Å². The van der Waals surface area contributed by atoms with Crippen LogP contribution in [0, 0.1) is 0 Å². The molecule has 1 rings (SSSR count). The average molecular weight is 311 g/mol. The van der Waals surface area contributed by atoms with Crippen LogP contribution in [-0.4, -0.2) is 11.2 Å². The van der Waals surface area contributed by atoms with E-state index in [-0.39, 0.29) is 11.7 Å². The van der Waals surface area contributed by atoms with Gasteiger partial charge in [-0.15, -0.1) is 13.2 Å². The molecule has 0 saturated carbocycles. The largest absolute Gasteiger partial charge is 0.573 e. The number of hydrogen-bond acceptors (Lipinski definition) is 1. The average Bonchev–Trinajstić information content (AvgIpc) is 2.14. The SMILES string of the molecule is CC(Br)CC(C)c1cccc(OC(F)(F)F)c1. The summed E-state index contributed by atoms with van der Waals surface area (Å²) in [4.78, 5) is 0.324. The molecule has 0 amide bonds. The summed E-state index contributed by atoms with van der Waals surface area (Å²) in [7, 11) is 0. The molecule has 0 aromatic heterocycles. The quantitative estimate of drug-likeness (QED) is 0.721. The van der Waals surface area contributed by atoms with Crippen molar-refractivity contribution in [2.45, 2.75) is 37.4 Å². The summed E-state index contributed by atoms with van der Waals surface area (Å²) in [6.07, 6.45) is -3.78. The number of benzene rings is 1. The molecule has 0 aliphatic heterocycles. The normalized spacial score (nSPS) is 15.4. The van der Waals surface area contributed by atoms with E-state index in [2.05, 4.69) is 20.7 Å². The maximum Gasteiger partial charge on any atom is 0.573 e. The lowest BCUT2D eigenvalue weighted by molar-refractivity contribution is -0.274. The molecule has 0 aliphatic rings. The van der Waals surface area contributed by atoms with E-state index in [0.29, 0.717) is 4.83 Å². The highest BCUT2D eigenvalue weighted by Crippen LogP contribution is 2.28. The van der Waals surface area contributed by atoms with Crippen LogP contribution >= 0.6 is 15.9 Å². The van der Waals surface area contributed by atoms with E-state index < -0.39 is 6.36 Å². The summed E-state index contributed by atoms with van der Waals surface area (Å²) in [5.74, 6) is 0.0187. The van der Waals surface area contributed by atoms with Crippen LogP contribution in [0.1, 0.15) is 31.7 Å². The first-order chi connectivity index (χ1) is 7.78. The van der Waals surface area contributed by atoms with Gasteiger partial charge < -0.3 is 4.74 Å². The van der Waals surface area contributed by atoms with Crippen LogP contribution in [-0.2, 0) is 0 Å². The van der Waals surface area contributed by atoms with Gasteiger partial charge in [-0.05, 0) is 30.0 Å². The van der Waals surface area contributed by atoms with Gasteiger partial charge in [0.1, 0.15) is 5.75 Å². The Morgan fingerprint density at radius 1 is 1.29 bits per heavy atom. The van der Waals surface area contributed by atoms with Gasteiger partial charge in [0.25, 0.3) is 0 Å². The van der Waals surface area contributed by atoms with Crippen LogP contribution in [0.2, 0.25) is 0 Å². The lowest BCUT2D eigenvalue weighted by atomic mass is 9.96. The molecule has 2 unspecified atom stereocenters. The van der Waals surface area contributed by atoms with E-state index in [0.717, 1.165) is 12.0 Å². The first-order valence-electron chi connectivity index (χ1n) is 5.27. The van der Waals surface area contributed by atoms with Gasteiger partial charge in [0, 0.05) is 4.83 Å². The van der Waals surface area contributed by atoms with Gasteiger partial charge in [-0.3, -0.25) is 0 Å². The molecule has 0 fully saturated rings. The molecule has 5 heteroatoms. The predicted octanol–water partition coefficient (Wildman–Crippen LogP) is 4.86. The predicted molar refractivity (Wildman–Crippen MR) is 64.5 cm³/mol. The second-order valence-corrected chi connectivity index (χ2v) is 5.60. The minimum Gasteiger partial charge on any atom is -0.406 e. The van der Waals surface area contributed by atoms with E-state index in [1.807, 2.05) is 19.9 Å². The molecule has 0 spiro atoms. The van der Waals surface area contributed by atoms with Crippen LogP contribution in [0.3, 0.4) is 0 Å². The number of alkyl halides is 4. The highest BCUT2D eigenvalue weighted by atomic mass is 79.9. The number of hydrogen-bond donors (Lipinski definition) is 0. The third-order valence-electron chi connectivity index (χ3n) is 2.34. The van der Waals surface area contributed by atoms with Crippen molar-refractivity contribution in [2.75, 3.05) is 0 Å². The van der Waals surface area contributed by atoms with Gasteiger partial charge in [-0.25, -0.2) is 0 Å². The molecule has 0 saturated heterocycles. The third kappa shape index (κ3) is 5.44. The van der Waals surface area contributed by atoms with Crippen LogP contribution in [0.15, 0.2) is 24.3 Å². The van der Waals surface area contributed by atoms with E-state index in [4.69, 9.17) is 0 Å². The molecule has 0 bridgehead atoms. The Morgan fingerprint density at radius 3 is 2.47 bits per heavy atom. The Morgan fingerprint density at radius 2 is 1.94 bits per heavy atom. The Balaban J connectivity index is 2.78. The van der Waals surface area contributed by atoms with Gasteiger partial charge in [-0.2, -0.15) is 0 Å². The third-order valence-corrected chi connectivity index (χ3v) is 2.71. The van der Waals surface area contributed by atoms with Crippen molar-refractivity contribution in [3.05, 3.63) is 29.8 Å². The maximum absolute atomic E-state index is 12.1. The van der Waals surface area contributed by atoms with Crippen molar-refractivity contribution >= 4 is 15.9 Å². The van der Waals surface area contributed by atoms with Crippen molar-refractivity contribution < 1.29 is 17.9 Å². The van der Waals surface area contributed by atoms with Crippen molar-refractivity contribution in [1.82, 2.24) is 0 Å². The Bertz CT molecular complexity index is 363. The van der Waals surface area contributed by atoms with Crippen LogP contribution < -0.4 is 4.74 Å². The van der Waals surface area contributed by atoms with E-state index >= 15 is 0 Å². The zero-order valence-corrected chi connectivity index (χ0v) is 11.2. The molecule has 96 valence electrons. The molecule has 0 aliphatic carbocycles. The molecule has 1 aromatic carbocycles. The van der Waals surface area contributed by atoms with Crippen LogP contribution in [0.25, 0.3) is 0 Å². The van der Waals surface area contributed by atoms with Gasteiger partial charge in [0.05, 0.1) is 0 Å². The lowest BCUT2D eigenvalue weighted by Gasteiger charge is -2.15. The van der Waals surface area contributed by atoms with Gasteiger partial charge in [0.2, 0.25) is 0 Å². The highest BCUT2D eigenvalue weighted by molar-refractivity contribution is 9.09. The molecule has 0 heterocycles. The molecule has 1 nitrogen and oxygen atoms in total. The first-order valence-corrected chi connectivity index (χ1v) is 6.19. The molecular formula is C12H14BrF3O. The van der Waals surface area contributed by atoms with Crippen molar-refractivity contribution in [1.29, 1.82) is 0 Å². The summed E-state index contributed by atoms with van der Waals surface area (Å²) >= 11 is 3.43. The molecule has 0 radical (unpaired) electrons. The summed E-state index contributed by atoms with van der Waals surface area (Å²) in [5, 5.41) is 0.